The van der Waals surface area contributed by atoms with Gasteiger partial charge >= 0.3 is 0 Å². The zero-order valence-electron chi connectivity index (χ0n) is 12.9. The van der Waals surface area contributed by atoms with Crippen molar-refractivity contribution in [3.8, 4) is 0 Å². The number of carbonyl (C=O) groups excluding carboxylic acids is 2. The second-order valence-electron chi connectivity index (χ2n) is 6.03. The molecule has 2 aliphatic rings. The minimum atomic E-state index is -0.781. The van der Waals surface area contributed by atoms with Crippen molar-refractivity contribution in [2.24, 2.45) is 0 Å². The Labute approximate surface area is 126 Å². The van der Waals surface area contributed by atoms with E-state index < -0.39 is 5.60 Å². The van der Waals surface area contributed by atoms with Gasteiger partial charge in [-0.05, 0) is 38.8 Å². The predicted octanol–water partition coefficient (Wildman–Crippen LogP) is 0.320. The molecule has 1 saturated carbocycles. The molecule has 21 heavy (non-hydrogen) atoms. The van der Waals surface area contributed by atoms with Gasteiger partial charge in [0, 0.05) is 13.2 Å². The summed E-state index contributed by atoms with van der Waals surface area (Å²) in [5.74, 6) is -0.277. The summed E-state index contributed by atoms with van der Waals surface area (Å²) in [4.78, 5) is 24.2. The summed E-state index contributed by atoms with van der Waals surface area (Å²) in [6.45, 7) is 1.55. The van der Waals surface area contributed by atoms with Gasteiger partial charge in [0.05, 0.1) is 6.54 Å². The van der Waals surface area contributed by atoms with Crippen molar-refractivity contribution in [3.05, 3.63) is 0 Å². The largest absolute Gasteiger partial charge is 0.368 e. The number of hydrogen-bond donors (Lipinski definition) is 3. The molecule has 0 aromatic heterocycles. The molecule has 1 heterocycles. The van der Waals surface area contributed by atoms with E-state index in [9.17, 15) is 9.59 Å². The van der Waals surface area contributed by atoms with Gasteiger partial charge in [0.25, 0.3) is 5.91 Å². The number of ether oxygens (including phenoxy) is 1. The minimum Gasteiger partial charge on any atom is -0.368 e. The third kappa shape index (κ3) is 4.41. The highest BCUT2D eigenvalue weighted by Gasteiger charge is 2.39. The normalized spacial score (nSPS) is 22.5. The van der Waals surface area contributed by atoms with E-state index in [1.54, 1.807) is 7.11 Å². The molecule has 3 N–H and O–H groups in total. The molecule has 0 spiro atoms. The van der Waals surface area contributed by atoms with Gasteiger partial charge in [-0.2, -0.15) is 0 Å². The van der Waals surface area contributed by atoms with Crippen molar-refractivity contribution in [1.82, 2.24) is 16.0 Å². The van der Waals surface area contributed by atoms with Crippen molar-refractivity contribution in [2.75, 3.05) is 26.7 Å². The smallest absolute Gasteiger partial charge is 0.252 e. The van der Waals surface area contributed by atoms with Crippen LogP contribution in [0.2, 0.25) is 0 Å². The monoisotopic (exact) mass is 297 g/mol. The topological polar surface area (TPSA) is 79.5 Å². The van der Waals surface area contributed by atoms with Gasteiger partial charge in [-0.1, -0.05) is 19.3 Å². The molecule has 1 aliphatic carbocycles. The summed E-state index contributed by atoms with van der Waals surface area (Å²) in [5, 5.41) is 8.94. The number of amides is 2. The maximum Gasteiger partial charge on any atom is 0.252 e. The van der Waals surface area contributed by atoms with Crippen LogP contribution in [0, 0.1) is 0 Å². The van der Waals surface area contributed by atoms with Crippen molar-refractivity contribution in [1.29, 1.82) is 0 Å². The molecule has 1 saturated heterocycles. The molecule has 1 aliphatic heterocycles. The van der Waals surface area contributed by atoms with Gasteiger partial charge in [0.2, 0.25) is 5.91 Å². The van der Waals surface area contributed by atoms with Crippen LogP contribution in [0.5, 0.6) is 0 Å². The Bertz CT molecular complexity index is 361. The van der Waals surface area contributed by atoms with Crippen LogP contribution in [-0.2, 0) is 14.3 Å². The Hall–Kier alpha value is -1.14. The Kier molecular flexibility index (Phi) is 5.99. The first-order valence-corrected chi connectivity index (χ1v) is 8.00. The number of rotatable bonds is 5. The van der Waals surface area contributed by atoms with Crippen LogP contribution in [0.25, 0.3) is 0 Å². The van der Waals surface area contributed by atoms with Crippen molar-refractivity contribution in [3.63, 3.8) is 0 Å². The van der Waals surface area contributed by atoms with E-state index in [0.717, 1.165) is 25.9 Å². The van der Waals surface area contributed by atoms with Crippen LogP contribution in [0.15, 0.2) is 0 Å². The Morgan fingerprint density at radius 2 is 1.86 bits per heavy atom. The second kappa shape index (κ2) is 7.75. The molecule has 0 bridgehead atoms. The van der Waals surface area contributed by atoms with Crippen LogP contribution in [-0.4, -0.2) is 50.2 Å². The molecule has 6 heteroatoms. The maximum atomic E-state index is 12.3. The number of nitrogens with one attached hydrogen (secondary N) is 3. The molecule has 0 unspecified atom stereocenters. The van der Waals surface area contributed by atoms with E-state index in [0.29, 0.717) is 12.8 Å². The van der Waals surface area contributed by atoms with Crippen molar-refractivity contribution in [2.45, 2.75) is 56.6 Å². The fourth-order valence-electron chi connectivity index (χ4n) is 3.20. The third-order valence-electron chi connectivity index (χ3n) is 4.60. The van der Waals surface area contributed by atoms with Crippen LogP contribution >= 0.6 is 0 Å². The van der Waals surface area contributed by atoms with Gasteiger partial charge in [-0.3, -0.25) is 9.59 Å². The molecule has 2 amide bonds. The lowest BCUT2D eigenvalue weighted by atomic mass is 9.91. The summed E-state index contributed by atoms with van der Waals surface area (Å²) >= 11 is 0. The van der Waals surface area contributed by atoms with Gasteiger partial charge in [-0.25, -0.2) is 0 Å². The second-order valence-corrected chi connectivity index (χ2v) is 6.03. The first kappa shape index (κ1) is 16.2. The maximum absolute atomic E-state index is 12.3. The fourth-order valence-corrected chi connectivity index (χ4v) is 3.20. The Morgan fingerprint density at radius 3 is 2.48 bits per heavy atom. The molecule has 0 atom stereocenters. The molecule has 0 aromatic carbocycles. The molecule has 2 rings (SSSR count). The van der Waals surface area contributed by atoms with E-state index in [1.807, 2.05) is 0 Å². The van der Waals surface area contributed by atoms with Crippen LogP contribution < -0.4 is 16.0 Å². The van der Waals surface area contributed by atoms with Crippen LogP contribution in [0.3, 0.4) is 0 Å². The predicted molar refractivity (Wildman–Crippen MR) is 79.9 cm³/mol. The number of hydrogen-bond acceptors (Lipinski definition) is 4. The molecular formula is C15H27N3O3. The zero-order chi connectivity index (χ0) is 15.1. The number of carbonyl (C=O) groups is 2. The highest BCUT2D eigenvalue weighted by atomic mass is 16.5. The Balaban J connectivity index is 1.75. The van der Waals surface area contributed by atoms with Crippen LogP contribution in [0.4, 0.5) is 0 Å². The quantitative estimate of drug-likeness (QED) is 0.683. The van der Waals surface area contributed by atoms with E-state index in [2.05, 4.69) is 16.0 Å². The Morgan fingerprint density at radius 1 is 1.19 bits per heavy atom. The van der Waals surface area contributed by atoms with Gasteiger partial charge < -0.3 is 20.7 Å². The lowest BCUT2D eigenvalue weighted by Gasteiger charge is -2.34. The summed E-state index contributed by atoms with van der Waals surface area (Å²) < 4.78 is 5.44. The summed E-state index contributed by atoms with van der Waals surface area (Å²) in [7, 11) is 1.56. The van der Waals surface area contributed by atoms with Crippen molar-refractivity contribution < 1.29 is 14.3 Å². The van der Waals surface area contributed by atoms with Gasteiger partial charge in [0.15, 0.2) is 0 Å². The molecule has 2 fully saturated rings. The lowest BCUT2D eigenvalue weighted by Crippen LogP contribution is -2.55. The average Bonchev–Trinajstić information content (AvgIpc) is 2.54. The van der Waals surface area contributed by atoms with E-state index >= 15 is 0 Å². The third-order valence-corrected chi connectivity index (χ3v) is 4.60. The molecule has 0 radical (unpaired) electrons. The first-order valence-electron chi connectivity index (χ1n) is 8.00. The zero-order valence-corrected chi connectivity index (χ0v) is 12.9. The van der Waals surface area contributed by atoms with E-state index in [4.69, 9.17) is 4.74 Å². The molecule has 0 aromatic rings. The lowest BCUT2D eigenvalue weighted by molar-refractivity contribution is -0.147. The molecule has 120 valence electrons. The first-order chi connectivity index (χ1) is 10.2. The number of methoxy groups -OCH3 is 1. The van der Waals surface area contributed by atoms with Crippen LogP contribution in [0.1, 0.15) is 44.9 Å². The SMILES string of the molecule is COC1(C(=O)NCC(=O)NC2CCCCC2)CCNCC1. The van der Waals surface area contributed by atoms with E-state index in [-0.39, 0.29) is 24.4 Å². The summed E-state index contributed by atoms with van der Waals surface area (Å²) in [5.41, 5.74) is -0.781. The fraction of sp³-hybridized carbons (Fsp3) is 0.867. The highest BCUT2D eigenvalue weighted by Crippen LogP contribution is 2.22. The highest BCUT2D eigenvalue weighted by molar-refractivity contribution is 5.89. The van der Waals surface area contributed by atoms with Gasteiger partial charge in [0.1, 0.15) is 5.60 Å². The summed E-state index contributed by atoms with van der Waals surface area (Å²) in [6.07, 6.45) is 6.99. The summed E-state index contributed by atoms with van der Waals surface area (Å²) in [6, 6.07) is 0.276. The van der Waals surface area contributed by atoms with E-state index in [1.165, 1.54) is 19.3 Å². The standard InChI is InChI=1S/C15H27N3O3/c1-21-15(7-9-16-10-8-15)14(20)17-11-13(19)18-12-5-3-2-4-6-12/h12,16H,2-11H2,1H3,(H,17,20)(H,18,19). The average molecular weight is 297 g/mol. The van der Waals surface area contributed by atoms with Crippen molar-refractivity contribution >= 4 is 11.8 Å². The van der Waals surface area contributed by atoms with Gasteiger partial charge in [-0.15, -0.1) is 0 Å². The minimum absolute atomic E-state index is 0.0356. The number of piperidine rings is 1. The molecule has 6 nitrogen and oxygen atoms in total. The molecular weight excluding hydrogens is 270 g/mol.